The van der Waals surface area contributed by atoms with Crippen LogP contribution in [0.5, 0.6) is 0 Å². The Bertz CT molecular complexity index is 562. The molecule has 0 saturated carbocycles. The molecule has 114 valence electrons. The van der Waals surface area contributed by atoms with Crippen LogP contribution in [0.1, 0.15) is 44.7 Å². The Balaban J connectivity index is 2.29. The molecule has 1 fully saturated rings. The average Bonchev–Trinajstić information content (AvgIpc) is 2.92. The molecule has 5 nitrogen and oxygen atoms in total. The number of carbonyl (C=O) groups is 2. The first-order valence-corrected chi connectivity index (χ1v) is 7.12. The van der Waals surface area contributed by atoms with Gasteiger partial charge in [-0.25, -0.2) is 4.79 Å². The minimum atomic E-state index is -1.06. The number of amides is 1. The van der Waals surface area contributed by atoms with E-state index in [2.05, 4.69) is 0 Å². The molecule has 1 aromatic carbocycles. The van der Waals surface area contributed by atoms with Crippen molar-refractivity contribution >= 4 is 11.9 Å². The van der Waals surface area contributed by atoms with E-state index in [0.717, 1.165) is 19.4 Å². The maximum Gasteiger partial charge on any atom is 0.336 e. The van der Waals surface area contributed by atoms with Crippen LogP contribution in [0.3, 0.4) is 0 Å². The Morgan fingerprint density at radius 3 is 2.43 bits per heavy atom. The minimum Gasteiger partial charge on any atom is -0.478 e. The molecule has 1 atom stereocenters. The van der Waals surface area contributed by atoms with Gasteiger partial charge in [-0.2, -0.15) is 0 Å². The Morgan fingerprint density at radius 2 is 1.90 bits per heavy atom. The molecule has 1 unspecified atom stereocenters. The van der Waals surface area contributed by atoms with Gasteiger partial charge >= 0.3 is 5.97 Å². The lowest BCUT2D eigenvalue weighted by molar-refractivity contribution is 0.0577. The lowest BCUT2D eigenvalue weighted by Crippen LogP contribution is -2.35. The van der Waals surface area contributed by atoms with Crippen molar-refractivity contribution in [2.24, 2.45) is 0 Å². The van der Waals surface area contributed by atoms with Gasteiger partial charge < -0.3 is 14.7 Å². The predicted octanol–water partition coefficient (Wildman–Crippen LogP) is 2.25. The lowest BCUT2D eigenvalue weighted by Gasteiger charge is -2.23. The number of aryl methyl sites for hydroxylation is 2. The van der Waals surface area contributed by atoms with Crippen molar-refractivity contribution in [3.63, 3.8) is 0 Å². The van der Waals surface area contributed by atoms with Crippen LogP contribution in [0.15, 0.2) is 12.1 Å². The first-order chi connectivity index (χ1) is 9.91. The molecular weight excluding hydrogens is 270 g/mol. The Kier molecular flexibility index (Phi) is 4.63. The molecule has 1 heterocycles. The highest BCUT2D eigenvalue weighted by Crippen LogP contribution is 2.21. The number of ether oxygens (including phenoxy) is 1. The lowest BCUT2D eigenvalue weighted by atomic mass is 9.96. The zero-order valence-electron chi connectivity index (χ0n) is 12.7. The van der Waals surface area contributed by atoms with Gasteiger partial charge in [-0.3, -0.25) is 4.79 Å². The van der Waals surface area contributed by atoms with Crippen molar-refractivity contribution in [2.45, 2.75) is 32.8 Å². The molecule has 2 rings (SSSR count). The predicted molar refractivity (Wildman–Crippen MR) is 78.8 cm³/mol. The van der Waals surface area contributed by atoms with Crippen molar-refractivity contribution in [2.75, 3.05) is 20.2 Å². The summed E-state index contributed by atoms with van der Waals surface area (Å²) in [5.74, 6) is -1.32. The minimum absolute atomic E-state index is 0.0531. The van der Waals surface area contributed by atoms with E-state index in [-0.39, 0.29) is 23.1 Å². The smallest absolute Gasteiger partial charge is 0.336 e. The van der Waals surface area contributed by atoms with Gasteiger partial charge in [-0.05, 0) is 37.8 Å². The molecule has 1 aliphatic heterocycles. The van der Waals surface area contributed by atoms with Crippen molar-refractivity contribution < 1.29 is 19.4 Å². The highest BCUT2D eigenvalue weighted by Gasteiger charge is 2.26. The molecule has 1 aromatic rings. The molecule has 0 aromatic heterocycles. The number of carboxylic acids is 1. The molecule has 1 saturated heterocycles. The fourth-order valence-electron chi connectivity index (χ4n) is 2.73. The molecule has 0 aliphatic carbocycles. The van der Waals surface area contributed by atoms with Crippen LogP contribution in [0.4, 0.5) is 0 Å². The van der Waals surface area contributed by atoms with E-state index >= 15 is 0 Å². The summed E-state index contributed by atoms with van der Waals surface area (Å²) >= 11 is 0. The molecule has 1 N–H and O–H groups in total. The van der Waals surface area contributed by atoms with E-state index in [1.165, 1.54) is 0 Å². The van der Waals surface area contributed by atoms with E-state index in [4.69, 9.17) is 4.74 Å². The fraction of sp³-hybridized carbons (Fsp3) is 0.500. The molecule has 1 aliphatic rings. The van der Waals surface area contributed by atoms with E-state index in [1.54, 1.807) is 37.9 Å². The summed E-state index contributed by atoms with van der Waals surface area (Å²) in [5.41, 5.74) is 1.66. The SMILES string of the molecule is Cc1ccc(C)c(C(=O)N(C)CC2CCCO2)c1C(=O)O. The first-order valence-electron chi connectivity index (χ1n) is 7.12. The number of carboxylic acid groups (broad SMARTS) is 1. The van der Waals surface area contributed by atoms with Crippen molar-refractivity contribution in [3.8, 4) is 0 Å². The zero-order valence-corrected chi connectivity index (χ0v) is 12.7. The van der Waals surface area contributed by atoms with Gasteiger partial charge in [-0.1, -0.05) is 12.1 Å². The summed E-state index contributed by atoms with van der Waals surface area (Å²) in [5, 5.41) is 9.39. The first kappa shape index (κ1) is 15.5. The largest absolute Gasteiger partial charge is 0.478 e. The summed E-state index contributed by atoms with van der Waals surface area (Å²) in [6.45, 7) is 4.70. The molecule has 1 amide bonds. The molecule has 0 bridgehead atoms. The second-order valence-electron chi connectivity index (χ2n) is 5.58. The summed E-state index contributed by atoms with van der Waals surface area (Å²) in [7, 11) is 1.69. The number of hydrogen-bond acceptors (Lipinski definition) is 3. The van der Waals surface area contributed by atoms with Gasteiger partial charge in [0.2, 0.25) is 0 Å². The zero-order chi connectivity index (χ0) is 15.6. The maximum absolute atomic E-state index is 12.6. The standard InChI is InChI=1S/C16H21NO4/c1-10-6-7-11(2)14(16(19)20)13(10)15(18)17(3)9-12-5-4-8-21-12/h6-7,12H,4-5,8-9H2,1-3H3,(H,19,20). The van der Waals surface area contributed by atoms with E-state index in [9.17, 15) is 14.7 Å². The van der Waals surface area contributed by atoms with Gasteiger partial charge in [0.05, 0.1) is 17.2 Å². The van der Waals surface area contributed by atoms with E-state index < -0.39 is 5.97 Å². The maximum atomic E-state index is 12.6. The summed E-state index contributed by atoms with van der Waals surface area (Å²) in [6.07, 6.45) is 2.00. The quantitative estimate of drug-likeness (QED) is 0.924. The third-order valence-corrected chi connectivity index (χ3v) is 3.90. The van der Waals surface area contributed by atoms with Crippen molar-refractivity contribution in [1.82, 2.24) is 4.90 Å². The van der Waals surface area contributed by atoms with Crippen molar-refractivity contribution in [3.05, 3.63) is 34.4 Å². The normalized spacial score (nSPS) is 17.8. The van der Waals surface area contributed by atoms with E-state index in [0.29, 0.717) is 17.7 Å². The van der Waals surface area contributed by atoms with Gasteiger partial charge in [0.25, 0.3) is 5.91 Å². The second-order valence-corrected chi connectivity index (χ2v) is 5.58. The molecule has 0 spiro atoms. The van der Waals surface area contributed by atoms with Gasteiger partial charge in [0.1, 0.15) is 0 Å². The second kappa shape index (κ2) is 6.26. The number of aromatic carboxylic acids is 1. The van der Waals surface area contributed by atoms with Crippen LogP contribution in [-0.2, 0) is 4.74 Å². The Morgan fingerprint density at radius 1 is 1.29 bits per heavy atom. The number of carbonyl (C=O) groups excluding carboxylic acids is 1. The Hall–Kier alpha value is -1.88. The van der Waals surface area contributed by atoms with Crippen molar-refractivity contribution in [1.29, 1.82) is 0 Å². The molecule has 21 heavy (non-hydrogen) atoms. The summed E-state index contributed by atoms with van der Waals surface area (Å²) in [6, 6.07) is 3.52. The van der Waals surface area contributed by atoms with Crippen LogP contribution >= 0.6 is 0 Å². The summed E-state index contributed by atoms with van der Waals surface area (Å²) < 4.78 is 5.53. The topological polar surface area (TPSA) is 66.8 Å². The van der Waals surface area contributed by atoms with Crippen LogP contribution in [-0.4, -0.2) is 48.2 Å². The third kappa shape index (κ3) is 3.24. The van der Waals surface area contributed by atoms with Crippen LogP contribution in [0.25, 0.3) is 0 Å². The highest BCUT2D eigenvalue weighted by atomic mass is 16.5. The number of likely N-dealkylation sites (N-methyl/N-ethyl adjacent to an activating group) is 1. The van der Waals surface area contributed by atoms with Crippen LogP contribution in [0.2, 0.25) is 0 Å². The molecular formula is C16H21NO4. The molecule has 5 heteroatoms. The molecule has 0 radical (unpaired) electrons. The van der Waals surface area contributed by atoms with Gasteiger partial charge in [-0.15, -0.1) is 0 Å². The Labute approximate surface area is 124 Å². The van der Waals surface area contributed by atoms with Crippen LogP contribution < -0.4 is 0 Å². The third-order valence-electron chi connectivity index (χ3n) is 3.90. The number of benzene rings is 1. The number of hydrogen-bond donors (Lipinski definition) is 1. The average molecular weight is 291 g/mol. The van der Waals surface area contributed by atoms with E-state index in [1.807, 2.05) is 0 Å². The highest BCUT2D eigenvalue weighted by molar-refractivity contribution is 6.06. The number of rotatable bonds is 4. The number of nitrogens with zero attached hydrogens (tertiary/aromatic N) is 1. The van der Waals surface area contributed by atoms with Gasteiger partial charge in [0, 0.05) is 20.2 Å². The van der Waals surface area contributed by atoms with Gasteiger partial charge in [0.15, 0.2) is 0 Å². The summed E-state index contributed by atoms with van der Waals surface area (Å²) in [4.78, 5) is 25.7. The fourth-order valence-corrected chi connectivity index (χ4v) is 2.73. The monoisotopic (exact) mass is 291 g/mol. The van der Waals surface area contributed by atoms with Crippen LogP contribution in [0, 0.1) is 13.8 Å².